The van der Waals surface area contributed by atoms with Crippen molar-refractivity contribution in [1.82, 2.24) is 15.1 Å². The molecule has 1 aromatic carbocycles. The van der Waals surface area contributed by atoms with Gasteiger partial charge >= 0.3 is 0 Å². The van der Waals surface area contributed by atoms with Gasteiger partial charge in [0.05, 0.1) is 16.8 Å². The highest BCUT2D eigenvalue weighted by atomic mass is 35.5. The van der Waals surface area contributed by atoms with Crippen LogP contribution in [0, 0.1) is 5.82 Å². The second-order valence-corrected chi connectivity index (χ2v) is 4.43. The van der Waals surface area contributed by atoms with Crippen molar-refractivity contribution in [3.63, 3.8) is 0 Å². The number of halogens is 2. The van der Waals surface area contributed by atoms with Crippen LogP contribution in [0.5, 0.6) is 0 Å². The van der Waals surface area contributed by atoms with E-state index in [0.29, 0.717) is 5.56 Å². The number of nitrogens with one attached hydrogen (secondary N) is 1. The lowest BCUT2D eigenvalue weighted by Crippen LogP contribution is -2.23. The molecule has 1 N–H and O–H groups in total. The third kappa shape index (κ3) is 2.54. The van der Waals surface area contributed by atoms with Crippen LogP contribution in [0.4, 0.5) is 4.39 Å². The Morgan fingerprint density at radius 3 is 2.83 bits per heavy atom. The topological polar surface area (TPSA) is 29.9 Å². The highest BCUT2D eigenvalue weighted by molar-refractivity contribution is 6.31. The van der Waals surface area contributed by atoms with E-state index >= 15 is 0 Å². The van der Waals surface area contributed by atoms with Gasteiger partial charge in [-0.1, -0.05) is 30.7 Å². The Kier molecular flexibility index (Phi) is 3.99. The molecule has 18 heavy (non-hydrogen) atoms. The average molecular weight is 268 g/mol. The van der Waals surface area contributed by atoms with Gasteiger partial charge in [0, 0.05) is 13.2 Å². The Balaban J connectivity index is 2.44. The van der Waals surface area contributed by atoms with Gasteiger partial charge in [0.15, 0.2) is 0 Å². The molecular formula is C13H15ClFN3. The fourth-order valence-electron chi connectivity index (χ4n) is 1.91. The molecule has 0 saturated carbocycles. The van der Waals surface area contributed by atoms with Crippen LogP contribution in [-0.2, 0) is 7.05 Å². The van der Waals surface area contributed by atoms with E-state index in [1.807, 2.05) is 32.3 Å². The molecule has 1 unspecified atom stereocenters. The van der Waals surface area contributed by atoms with Crippen molar-refractivity contribution < 1.29 is 4.39 Å². The molecule has 0 aliphatic carbocycles. The molecule has 0 aliphatic rings. The summed E-state index contributed by atoms with van der Waals surface area (Å²) in [7, 11) is 1.85. The standard InChI is InChI=1S/C13H15ClFN3/c1-3-16-13(11-7-8-18(2)17-11)9-5-4-6-10(15)12(9)14/h4-8,13,16H,3H2,1-2H3. The molecule has 0 bridgehead atoms. The largest absolute Gasteiger partial charge is 0.305 e. The molecule has 0 amide bonds. The fraction of sp³-hybridized carbons (Fsp3) is 0.308. The van der Waals surface area contributed by atoms with E-state index in [4.69, 9.17) is 11.6 Å². The number of hydrogen-bond acceptors (Lipinski definition) is 2. The summed E-state index contributed by atoms with van der Waals surface area (Å²) >= 11 is 6.03. The maximum Gasteiger partial charge on any atom is 0.142 e. The highest BCUT2D eigenvalue weighted by Gasteiger charge is 2.19. The first-order chi connectivity index (χ1) is 8.63. The lowest BCUT2D eigenvalue weighted by molar-refractivity contribution is 0.586. The summed E-state index contributed by atoms with van der Waals surface area (Å²) in [5.74, 6) is -0.409. The number of aromatic nitrogens is 2. The zero-order chi connectivity index (χ0) is 13.1. The van der Waals surface area contributed by atoms with Gasteiger partial charge in [0.1, 0.15) is 5.82 Å². The van der Waals surface area contributed by atoms with Gasteiger partial charge in [-0.05, 0) is 24.2 Å². The van der Waals surface area contributed by atoms with Gasteiger partial charge < -0.3 is 5.32 Å². The molecular weight excluding hydrogens is 253 g/mol. The van der Waals surface area contributed by atoms with E-state index in [9.17, 15) is 4.39 Å². The zero-order valence-electron chi connectivity index (χ0n) is 10.3. The smallest absolute Gasteiger partial charge is 0.142 e. The van der Waals surface area contributed by atoms with E-state index in [1.165, 1.54) is 6.07 Å². The van der Waals surface area contributed by atoms with Gasteiger partial charge in [0.25, 0.3) is 0 Å². The Labute approximate surface area is 111 Å². The molecule has 1 heterocycles. The average Bonchev–Trinajstić information content (AvgIpc) is 2.77. The van der Waals surface area contributed by atoms with E-state index in [1.54, 1.807) is 10.7 Å². The fourth-order valence-corrected chi connectivity index (χ4v) is 2.14. The second kappa shape index (κ2) is 5.50. The maximum absolute atomic E-state index is 13.5. The molecule has 2 aromatic rings. The Hall–Kier alpha value is -1.39. The number of rotatable bonds is 4. The van der Waals surface area contributed by atoms with E-state index in [0.717, 1.165) is 12.2 Å². The van der Waals surface area contributed by atoms with Crippen LogP contribution < -0.4 is 5.32 Å². The SMILES string of the molecule is CCNC(c1ccn(C)n1)c1cccc(F)c1Cl. The predicted octanol–water partition coefficient (Wildman–Crippen LogP) is 2.91. The van der Waals surface area contributed by atoms with Crippen molar-refractivity contribution in [3.8, 4) is 0 Å². The van der Waals surface area contributed by atoms with Crippen molar-refractivity contribution in [2.45, 2.75) is 13.0 Å². The summed E-state index contributed by atoms with van der Waals surface area (Å²) in [5, 5.41) is 7.77. The predicted molar refractivity (Wildman–Crippen MR) is 70.1 cm³/mol. The summed E-state index contributed by atoms with van der Waals surface area (Å²) in [6.07, 6.45) is 1.85. The molecule has 0 spiro atoms. The zero-order valence-corrected chi connectivity index (χ0v) is 11.1. The third-order valence-corrected chi connectivity index (χ3v) is 3.13. The van der Waals surface area contributed by atoms with Gasteiger partial charge in [-0.2, -0.15) is 5.10 Å². The minimum atomic E-state index is -0.409. The Morgan fingerprint density at radius 2 is 2.22 bits per heavy atom. The van der Waals surface area contributed by atoms with Gasteiger partial charge in [-0.3, -0.25) is 4.68 Å². The first-order valence-corrected chi connectivity index (χ1v) is 6.18. The van der Waals surface area contributed by atoms with Gasteiger partial charge in [-0.25, -0.2) is 4.39 Å². The first-order valence-electron chi connectivity index (χ1n) is 5.80. The minimum Gasteiger partial charge on any atom is -0.305 e. The van der Waals surface area contributed by atoms with E-state index in [2.05, 4.69) is 10.4 Å². The normalized spacial score (nSPS) is 12.7. The maximum atomic E-state index is 13.5. The van der Waals surface area contributed by atoms with Crippen molar-refractivity contribution in [2.75, 3.05) is 6.54 Å². The molecule has 0 radical (unpaired) electrons. The number of aryl methyl sites for hydroxylation is 1. The van der Waals surface area contributed by atoms with Crippen molar-refractivity contribution in [3.05, 3.63) is 52.6 Å². The van der Waals surface area contributed by atoms with Crippen molar-refractivity contribution in [2.24, 2.45) is 7.05 Å². The number of hydrogen-bond donors (Lipinski definition) is 1. The van der Waals surface area contributed by atoms with E-state index in [-0.39, 0.29) is 11.1 Å². The summed E-state index contributed by atoms with van der Waals surface area (Å²) in [5.41, 5.74) is 1.53. The molecule has 1 aromatic heterocycles. The summed E-state index contributed by atoms with van der Waals surface area (Å²) in [4.78, 5) is 0. The van der Waals surface area contributed by atoms with Crippen LogP contribution in [0.2, 0.25) is 5.02 Å². The van der Waals surface area contributed by atoms with E-state index < -0.39 is 5.82 Å². The quantitative estimate of drug-likeness (QED) is 0.923. The monoisotopic (exact) mass is 267 g/mol. The molecule has 5 heteroatoms. The Bertz CT molecular complexity index is 539. The molecule has 0 fully saturated rings. The van der Waals surface area contributed by atoms with Crippen LogP contribution in [0.25, 0.3) is 0 Å². The van der Waals surface area contributed by atoms with Crippen LogP contribution in [0.1, 0.15) is 24.2 Å². The van der Waals surface area contributed by atoms with Gasteiger partial charge in [0.2, 0.25) is 0 Å². The summed E-state index contributed by atoms with van der Waals surface area (Å²) in [6, 6.07) is 6.53. The lowest BCUT2D eigenvalue weighted by Gasteiger charge is -2.17. The van der Waals surface area contributed by atoms with Gasteiger partial charge in [-0.15, -0.1) is 0 Å². The molecule has 1 atom stereocenters. The molecule has 2 rings (SSSR count). The highest BCUT2D eigenvalue weighted by Crippen LogP contribution is 2.29. The molecule has 0 saturated heterocycles. The third-order valence-electron chi connectivity index (χ3n) is 2.73. The van der Waals surface area contributed by atoms with Crippen molar-refractivity contribution in [1.29, 1.82) is 0 Å². The minimum absolute atomic E-state index is 0.147. The van der Waals surface area contributed by atoms with Crippen LogP contribution in [0.15, 0.2) is 30.5 Å². The molecule has 0 aliphatic heterocycles. The Morgan fingerprint density at radius 1 is 1.44 bits per heavy atom. The van der Waals surface area contributed by atoms with Crippen molar-refractivity contribution >= 4 is 11.6 Å². The molecule has 96 valence electrons. The number of benzene rings is 1. The van der Waals surface area contributed by atoms with Crippen LogP contribution in [0.3, 0.4) is 0 Å². The van der Waals surface area contributed by atoms with Crippen LogP contribution in [-0.4, -0.2) is 16.3 Å². The molecule has 3 nitrogen and oxygen atoms in total. The number of nitrogens with zero attached hydrogens (tertiary/aromatic N) is 2. The lowest BCUT2D eigenvalue weighted by atomic mass is 10.0. The summed E-state index contributed by atoms with van der Waals surface area (Å²) < 4.78 is 15.2. The summed E-state index contributed by atoms with van der Waals surface area (Å²) in [6.45, 7) is 2.73. The second-order valence-electron chi connectivity index (χ2n) is 4.05. The van der Waals surface area contributed by atoms with Crippen LogP contribution >= 0.6 is 11.6 Å². The first kappa shape index (κ1) is 13.1.